The lowest BCUT2D eigenvalue weighted by molar-refractivity contribution is -0.00661. The number of carbonyl (C=O) groups is 1. The van der Waals surface area contributed by atoms with E-state index in [0.717, 1.165) is 24.3 Å². The van der Waals surface area contributed by atoms with Gasteiger partial charge in [-0.1, -0.05) is 18.7 Å². The van der Waals surface area contributed by atoms with Crippen molar-refractivity contribution < 1.29 is 14.3 Å². The summed E-state index contributed by atoms with van der Waals surface area (Å²) in [6.07, 6.45) is 5.14. The van der Waals surface area contributed by atoms with Gasteiger partial charge in [0.25, 0.3) is 0 Å². The van der Waals surface area contributed by atoms with E-state index in [0.29, 0.717) is 18.8 Å². The van der Waals surface area contributed by atoms with Gasteiger partial charge < -0.3 is 14.4 Å². The molecule has 1 fully saturated rings. The quantitative estimate of drug-likeness (QED) is 0.520. The fraction of sp³-hybridized carbons (Fsp3) is 0.565. The van der Waals surface area contributed by atoms with Crippen LogP contribution in [0.1, 0.15) is 52.0 Å². The van der Waals surface area contributed by atoms with Crippen molar-refractivity contribution in [1.29, 1.82) is 0 Å². The molecule has 1 aliphatic heterocycles. The summed E-state index contributed by atoms with van der Waals surface area (Å²) < 4.78 is 11.6. The van der Waals surface area contributed by atoms with Gasteiger partial charge in [0.1, 0.15) is 11.4 Å². The number of rotatable bonds is 6. The van der Waals surface area contributed by atoms with Crippen LogP contribution in [-0.4, -0.2) is 58.7 Å². The topological polar surface area (TPSA) is 54.9 Å². The highest BCUT2D eigenvalue weighted by molar-refractivity contribution is 5.68. The number of aryl methyl sites for hydroxylation is 1. The Morgan fingerprint density at radius 2 is 2.10 bits per heavy atom. The smallest absolute Gasteiger partial charge is 0.410 e. The number of nitrogens with zero attached hydrogens (tertiary/aromatic N) is 3. The molecule has 6 nitrogen and oxygen atoms in total. The molecule has 2 atom stereocenters. The molecule has 1 aromatic heterocycles. The average molecular weight is 402 g/mol. The minimum absolute atomic E-state index is 0.0592. The van der Waals surface area contributed by atoms with Gasteiger partial charge in [0.2, 0.25) is 0 Å². The number of carbonyl (C=O) groups excluding carboxylic acids is 1. The third kappa shape index (κ3) is 7.20. The van der Waals surface area contributed by atoms with Crippen molar-refractivity contribution in [3.05, 3.63) is 54.1 Å². The number of piperazine rings is 1. The second kappa shape index (κ2) is 9.92. The zero-order chi connectivity index (χ0) is 21.6. The number of amides is 1. The number of hydrogen-bond donors (Lipinski definition) is 0. The van der Waals surface area contributed by atoms with Crippen molar-refractivity contribution in [1.82, 2.24) is 14.8 Å². The molecule has 0 unspecified atom stereocenters. The van der Waals surface area contributed by atoms with Crippen molar-refractivity contribution in [2.75, 3.05) is 26.2 Å². The van der Waals surface area contributed by atoms with Gasteiger partial charge in [0.15, 0.2) is 6.10 Å². The van der Waals surface area contributed by atoms with E-state index in [-0.39, 0.29) is 18.2 Å². The highest BCUT2D eigenvalue weighted by Crippen LogP contribution is 2.23. The summed E-state index contributed by atoms with van der Waals surface area (Å²) in [5.41, 5.74) is 1.50. The second-order valence-corrected chi connectivity index (χ2v) is 8.62. The van der Waals surface area contributed by atoms with E-state index in [1.165, 1.54) is 0 Å². The summed E-state index contributed by atoms with van der Waals surface area (Å²) in [4.78, 5) is 21.1. The van der Waals surface area contributed by atoms with E-state index in [1.54, 1.807) is 4.90 Å². The van der Waals surface area contributed by atoms with Gasteiger partial charge in [-0.25, -0.2) is 4.79 Å². The molecule has 2 rings (SSSR count). The van der Waals surface area contributed by atoms with Gasteiger partial charge in [0.05, 0.1) is 5.69 Å². The van der Waals surface area contributed by atoms with Gasteiger partial charge in [-0.2, -0.15) is 0 Å². The fourth-order valence-electron chi connectivity index (χ4n) is 3.29. The van der Waals surface area contributed by atoms with E-state index < -0.39 is 5.60 Å². The molecule has 0 spiro atoms. The lowest BCUT2D eigenvalue weighted by atomic mass is 10.1. The summed E-state index contributed by atoms with van der Waals surface area (Å²) in [6.45, 7) is 18.5. The predicted octanol–water partition coefficient (Wildman–Crippen LogP) is 4.48. The molecule has 0 saturated carbocycles. The Bertz CT molecular complexity index is 722. The van der Waals surface area contributed by atoms with E-state index in [2.05, 4.69) is 23.4 Å². The van der Waals surface area contributed by atoms with Crippen LogP contribution >= 0.6 is 0 Å². The molecule has 29 heavy (non-hydrogen) atoms. The van der Waals surface area contributed by atoms with E-state index in [4.69, 9.17) is 9.47 Å². The Morgan fingerprint density at radius 3 is 2.66 bits per heavy atom. The monoisotopic (exact) mass is 401 g/mol. The first-order valence-electron chi connectivity index (χ1n) is 10.2. The minimum Gasteiger partial charge on any atom is -0.483 e. The van der Waals surface area contributed by atoms with Crippen LogP contribution < -0.4 is 0 Å². The van der Waals surface area contributed by atoms with Crippen LogP contribution in [0.3, 0.4) is 0 Å². The third-order valence-electron chi connectivity index (χ3n) is 4.67. The minimum atomic E-state index is -0.489. The van der Waals surface area contributed by atoms with E-state index >= 15 is 0 Å². The molecular weight excluding hydrogens is 366 g/mol. The van der Waals surface area contributed by atoms with Crippen LogP contribution in [0.4, 0.5) is 4.79 Å². The maximum absolute atomic E-state index is 12.5. The van der Waals surface area contributed by atoms with Crippen molar-refractivity contribution in [3.63, 3.8) is 0 Å². The summed E-state index contributed by atoms with van der Waals surface area (Å²) in [5, 5.41) is 0. The lowest BCUT2D eigenvalue weighted by Crippen LogP contribution is -2.55. The summed E-state index contributed by atoms with van der Waals surface area (Å²) in [7, 11) is 0. The third-order valence-corrected chi connectivity index (χ3v) is 4.67. The molecule has 0 N–H and O–H groups in total. The van der Waals surface area contributed by atoms with Crippen molar-refractivity contribution >= 4 is 6.09 Å². The number of pyridine rings is 1. The van der Waals surface area contributed by atoms with E-state index in [1.807, 2.05) is 65.1 Å². The molecule has 160 valence electrons. The second-order valence-electron chi connectivity index (χ2n) is 8.62. The summed E-state index contributed by atoms with van der Waals surface area (Å²) in [6, 6.07) is 4.10. The number of hydrogen-bond acceptors (Lipinski definition) is 5. The molecule has 0 aromatic carbocycles. The Labute approximate surface area is 175 Å². The normalized spacial score (nSPS) is 19.2. The van der Waals surface area contributed by atoms with Gasteiger partial charge in [-0.15, -0.1) is 0 Å². The first-order chi connectivity index (χ1) is 13.6. The van der Waals surface area contributed by atoms with Gasteiger partial charge >= 0.3 is 6.09 Å². The number of allylic oxidation sites excluding steroid dienone is 2. The Morgan fingerprint density at radius 1 is 1.38 bits per heavy atom. The van der Waals surface area contributed by atoms with Crippen molar-refractivity contribution in [2.24, 2.45) is 0 Å². The highest BCUT2D eigenvalue weighted by atomic mass is 16.6. The molecule has 1 amide bonds. The SMILES string of the molecule is C=C(/C=C/C)O[C@H](CN1CCN(C(=O)OC(C)(C)C)[C@H](C)C1)c1ccc(C)cn1. The molecule has 1 aromatic rings. The first-order valence-corrected chi connectivity index (χ1v) is 10.2. The molecule has 0 aliphatic carbocycles. The van der Waals surface area contributed by atoms with Crippen LogP contribution in [-0.2, 0) is 9.47 Å². The zero-order valence-electron chi connectivity index (χ0n) is 18.6. The summed E-state index contributed by atoms with van der Waals surface area (Å²) in [5.74, 6) is 0.611. The van der Waals surface area contributed by atoms with Crippen molar-refractivity contribution in [2.45, 2.75) is 59.3 Å². The Kier molecular flexibility index (Phi) is 7.85. The molecule has 0 bridgehead atoms. The Hall–Kier alpha value is -2.34. The van der Waals surface area contributed by atoms with Gasteiger partial charge in [-0.3, -0.25) is 9.88 Å². The largest absolute Gasteiger partial charge is 0.483 e. The van der Waals surface area contributed by atoms with Crippen LogP contribution in [0, 0.1) is 6.92 Å². The molecule has 6 heteroatoms. The Balaban J connectivity index is 2.05. The van der Waals surface area contributed by atoms with Gasteiger partial charge in [0, 0.05) is 38.4 Å². The number of aromatic nitrogens is 1. The van der Waals surface area contributed by atoms with Crippen LogP contribution in [0.15, 0.2) is 42.8 Å². The molecule has 1 aliphatic rings. The maximum Gasteiger partial charge on any atom is 0.410 e. The van der Waals surface area contributed by atoms with Crippen molar-refractivity contribution in [3.8, 4) is 0 Å². The molecule has 1 saturated heterocycles. The molecule has 0 radical (unpaired) electrons. The number of ether oxygens (including phenoxy) is 2. The first kappa shape index (κ1) is 22.9. The molecule has 2 heterocycles. The summed E-state index contributed by atoms with van der Waals surface area (Å²) >= 11 is 0. The van der Waals surface area contributed by atoms with Crippen LogP contribution in [0.2, 0.25) is 0 Å². The van der Waals surface area contributed by atoms with Crippen LogP contribution in [0.5, 0.6) is 0 Å². The van der Waals surface area contributed by atoms with Gasteiger partial charge in [-0.05, 0) is 59.2 Å². The van der Waals surface area contributed by atoms with Crippen LogP contribution in [0.25, 0.3) is 0 Å². The standard InChI is InChI=1S/C23H35N3O3/c1-8-9-19(4)28-21(20-11-10-17(2)14-24-20)16-25-12-13-26(18(3)15-25)22(27)29-23(5,6)7/h8-11,14,18,21H,4,12-13,15-16H2,1-3,5-7H3/b9-8+/t18-,21-/m1/s1. The van der Waals surface area contributed by atoms with E-state index in [9.17, 15) is 4.79 Å². The molecular formula is C23H35N3O3. The maximum atomic E-state index is 12.5. The average Bonchev–Trinajstić information content (AvgIpc) is 2.60. The lowest BCUT2D eigenvalue weighted by Gasteiger charge is -2.41. The predicted molar refractivity (Wildman–Crippen MR) is 116 cm³/mol. The fourth-order valence-corrected chi connectivity index (χ4v) is 3.29. The highest BCUT2D eigenvalue weighted by Gasteiger charge is 2.32. The zero-order valence-corrected chi connectivity index (χ0v) is 18.6.